The molecule has 0 bridgehead atoms. The number of carbonyl (C=O) groups excluding carboxylic acids is 1. The third-order valence-corrected chi connectivity index (χ3v) is 2.76. The lowest BCUT2D eigenvalue weighted by Gasteiger charge is -2.24. The molecular weight excluding hydrogens is 224 g/mol. The normalized spacial score (nSPS) is 11.3. The molecule has 0 unspecified atom stereocenters. The molecule has 2 N–H and O–H groups in total. The van der Waals surface area contributed by atoms with Gasteiger partial charge in [0.15, 0.2) is 0 Å². The van der Waals surface area contributed by atoms with E-state index in [0.29, 0.717) is 10.7 Å². The number of carbonyl (C=O) groups is 1. The van der Waals surface area contributed by atoms with Crippen LogP contribution in [0.1, 0.15) is 25.6 Å². The van der Waals surface area contributed by atoms with Crippen molar-refractivity contribution in [2.75, 3.05) is 17.7 Å². The van der Waals surface area contributed by atoms with Gasteiger partial charge in [-0.2, -0.15) is 0 Å². The van der Waals surface area contributed by atoms with Crippen LogP contribution in [-0.2, 0) is 4.74 Å². The first-order valence-corrected chi connectivity index (χ1v) is 5.85. The zero-order valence-electron chi connectivity index (χ0n) is 10.3. The standard InChI is InChI=1S/C11H18N2O2S/c1-7-6-8(9(12)16-7)13(5)10(14)15-11(2,3)4/h6H,12H2,1-5H3. The lowest BCUT2D eigenvalue weighted by Crippen LogP contribution is -2.34. The maximum Gasteiger partial charge on any atom is 0.414 e. The van der Waals surface area contributed by atoms with Gasteiger partial charge < -0.3 is 10.5 Å². The fraction of sp³-hybridized carbons (Fsp3) is 0.545. The highest BCUT2D eigenvalue weighted by Gasteiger charge is 2.22. The number of aryl methyl sites for hydroxylation is 1. The smallest absolute Gasteiger partial charge is 0.414 e. The second kappa shape index (κ2) is 4.33. The molecular formula is C11H18N2O2S. The molecule has 0 aliphatic carbocycles. The van der Waals surface area contributed by atoms with Crippen LogP contribution in [0.15, 0.2) is 6.07 Å². The highest BCUT2D eigenvalue weighted by Crippen LogP contribution is 2.32. The van der Waals surface area contributed by atoms with E-state index in [4.69, 9.17) is 10.5 Å². The third kappa shape index (κ3) is 3.13. The average molecular weight is 242 g/mol. The van der Waals surface area contributed by atoms with Crippen molar-refractivity contribution < 1.29 is 9.53 Å². The van der Waals surface area contributed by atoms with Gasteiger partial charge >= 0.3 is 6.09 Å². The molecule has 1 aromatic rings. The number of nitrogen functional groups attached to an aromatic ring is 1. The fourth-order valence-corrected chi connectivity index (χ4v) is 2.03. The second-order valence-corrected chi connectivity index (χ2v) is 5.93. The van der Waals surface area contributed by atoms with Gasteiger partial charge in [-0.15, -0.1) is 11.3 Å². The molecule has 0 atom stereocenters. The SMILES string of the molecule is Cc1cc(N(C)C(=O)OC(C)(C)C)c(N)s1. The largest absolute Gasteiger partial charge is 0.443 e. The summed E-state index contributed by atoms with van der Waals surface area (Å²) in [6.45, 7) is 7.45. The van der Waals surface area contributed by atoms with Gasteiger partial charge in [0.25, 0.3) is 0 Å². The first-order chi connectivity index (χ1) is 7.20. The monoisotopic (exact) mass is 242 g/mol. The quantitative estimate of drug-likeness (QED) is 0.823. The summed E-state index contributed by atoms with van der Waals surface area (Å²) in [5.74, 6) is 0. The summed E-state index contributed by atoms with van der Waals surface area (Å²) in [5, 5.41) is 0.630. The van der Waals surface area contributed by atoms with Crippen molar-refractivity contribution in [3.05, 3.63) is 10.9 Å². The second-order valence-electron chi connectivity index (χ2n) is 4.65. The van der Waals surface area contributed by atoms with E-state index >= 15 is 0 Å². The van der Waals surface area contributed by atoms with Crippen molar-refractivity contribution in [2.24, 2.45) is 0 Å². The Bertz CT molecular complexity index is 393. The Hall–Kier alpha value is -1.23. The minimum absolute atomic E-state index is 0.392. The summed E-state index contributed by atoms with van der Waals surface area (Å²) in [6.07, 6.45) is -0.392. The van der Waals surface area contributed by atoms with Crippen LogP contribution in [0.5, 0.6) is 0 Å². The first kappa shape index (κ1) is 12.8. The van der Waals surface area contributed by atoms with E-state index < -0.39 is 11.7 Å². The molecule has 0 aliphatic rings. The Labute approximate surface area is 100 Å². The molecule has 16 heavy (non-hydrogen) atoms. The van der Waals surface area contributed by atoms with Crippen molar-refractivity contribution in [3.8, 4) is 0 Å². The highest BCUT2D eigenvalue weighted by molar-refractivity contribution is 7.16. The molecule has 0 saturated heterocycles. The zero-order chi connectivity index (χ0) is 12.5. The molecule has 0 saturated carbocycles. The van der Waals surface area contributed by atoms with E-state index in [9.17, 15) is 4.79 Å². The molecule has 0 aliphatic heterocycles. The number of rotatable bonds is 1. The third-order valence-electron chi connectivity index (χ3n) is 1.89. The molecule has 1 amide bonds. The summed E-state index contributed by atoms with van der Waals surface area (Å²) in [7, 11) is 1.66. The van der Waals surface area contributed by atoms with Gasteiger partial charge in [-0.25, -0.2) is 4.79 Å². The highest BCUT2D eigenvalue weighted by atomic mass is 32.1. The van der Waals surface area contributed by atoms with Crippen LogP contribution in [0.4, 0.5) is 15.5 Å². The average Bonchev–Trinajstić information content (AvgIpc) is 2.41. The molecule has 0 fully saturated rings. The van der Waals surface area contributed by atoms with Gasteiger partial charge in [0.2, 0.25) is 0 Å². The van der Waals surface area contributed by atoms with Crippen molar-refractivity contribution in [1.29, 1.82) is 0 Å². The van der Waals surface area contributed by atoms with E-state index in [1.165, 1.54) is 16.2 Å². The van der Waals surface area contributed by atoms with E-state index in [1.54, 1.807) is 7.05 Å². The van der Waals surface area contributed by atoms with E-state index in [2.05, 4.69) is 0 Å². The zero-order valence-corrected chi connectivity index (χ0v) is 11.1. The Kier molecular flexibility index (Phi) is 3.48. The summed E-state index contributed by atoms with van der Waals surface area (Å²) >= 11 is 1.46. The molecule has 1 rings (SSSR count). The number of amides is 1. The van der Waals surface area contributed by atoms with Crippen molar-refractivity contribution in [1.82, 2.24) is 0 Å². The topological polar surface area (TPSA) is 55.6 Å². The van der Waals surface area contributed by atoms with Crippen LogP contribution in [0.3, 0.4) is 0 Å². The molecule has 1 aromatic heterocycles. The summed E-state index contributed by atoms with van der Waals surface area (Å²) < 4.78 is 5.25. The predicted molar refractivity (Wildman–Crippen MR) is 68.1 cm³/mol. The number of hydrogen-bond donors (Lipinski definition) is 1. The lowest BCUT2D eigenvalue weighted by molar-refractivity contribution is 0.0589. The number of ether oxygens (including phenoxy) is 1. The van der Waals surface area contributed by atoms with Crippen LogP contribution in [-0.4, -0.2) is 18.7 Å². The number of nitrogens with two attached hydrogens (primary N) is 1. The molecule has 5 heteroatoms. The Morgan fingerprint density at radius 1 is 1.50 bits per heavy atom. The van der Waals surface area contributed by atoms with Gasteiger partial charge in [0.1, 0.15) is 10.6 Å². The number of anilines is 2. The van der Waals surface area contributed by atoms with Gasteiger partial charge in [0.05, 0.1) is 5.69 Å². The van der Waals surface area contributed by atoms with Crippen molar-refractivity contribution in [2.45, 2.75) is 33.3 Å². The molecule has 0 aromatic carbocycles. The predicted octanol–water partition coefficient (Wildman–Crippen LogP) is 3.01. The number of thiophene rings is 1. The minimum atomic E-state index is -0.495. The summed E-state index contributed by atoms with van der Waals surface area (Å²) in [4.78, 5) is 14.3. The number of hydrogen-bond acceptors (Lipinski definition) is 4. The molecule has 4 nitrogen and oxygen atoms in total. The first-order valence-electron chi connectivity index (χ1n) is 5.03. The van der Waals surface area contributed by atoms with Crippen LogP contribution in [0.2, 0.25) is 0 Å². The van der Waals surface area contributed by atoms with Crippen molar-refractivity contribution in [3.63, 3.8) is 0 Å². The molecule has 0 radical (unpaired) electrons. The van der Waals surface area contributed by atoms with Crippen LogP contribution in [0.25, 0.3) is 0 Å². The van der Waals surface area contributed by atoms with Gasteiger partial charge in [-0.05, 0) is 33.8 Å². The van der Waals surface area contributed by atoms with Crippen molar-refractivity contribution >= 4 is 28.1 Å². The molecule has 1 heterocycles. The van der Waals surface area contributed by atoms with Gasteiger partial charge in [-0.1, -0.05) is 0 Å². The fourth-order valence-electron chi connectivity index (χ4n) is 1.21. The molecule has 90 valence electrons. The summed E-state index contributed by atoms with van der Waals surface area (Å²) in [5.41, 5.74) is 6.02. The summed E-state index contributed by atoms with van der Waals surface area (Å²) in [6, 6.07) is 1.88. The Morgan fingerprint density at radius 3 is 2.44 bits per heavy atom. The van der Waals surface area contributed by atoms with E-state index in [-0.39, 0.29) is 0 Å². The maximum absolute atomic E-state index is 11.8. The van der Waals surface area contributed by atoms with Crippen LogP contribution < -0.4 is 10.6 Å². The van der Waals surface area contributed by atoms with Gasteiger partial charge in [0, 0.05) is 11.9 Å². The molecule has 0 spiro atoms. The number of nitrogens with zero attached hydrogens (tertiary/aromatic N) is 1. The minimum Gasteiger partial charge on any atom is -0.443 e. The Morgan fingerprint density at radius 2 is 2.06 bits per heavy atom. The lowest BCUT2D eigenvalue weighted by atomic mass is 10.2. The van der Waals surface area contributed by atoms with E-state index in [0.717, 1.165) is 4.88 Å². The van der Waals surface area contributed by atoms with E-state index in [1.807, 2.05) is 33.8 Å². The van der Waals surface area contributed by atoms with Gasteiger partial charge in [-0.3, -0.25) is 4.90 Å². The Balaban J connectivity index is 2.82. The van der Waals surface area contributed by atoms with Crippen LogP contribution >= 0.6 is 11.3 Å². The van der Waals surface area contributed by atoms with Crippen LogP contribution in [0, 0.1) is 6.92 Å². The maximum atomic E-state index is 11.8.